The number of hydrogen-bond donors (Lipinski definition) is 2. The lowest BCUT2D eigenvalue weighted by atomic mass is 10.1. The molecule has 8 heteroatoms. The molecule has 0 aromatic heterocycles. The molecule has 1 aromatic carbocycles. The molecule has 0 aliphatic carbocycles. The van der Waals surface area contributed by atoms with Crippen molar-refractivity contribution in [3.05, 3.63) is 33.9 Å². The zero-order valence-electron chi connectivity index (χ0n) is 10.0. The van der Waals surface area contributed by atoms with Crippen molar-refractivity contribution in [2.45, 2.75) is 6.92 Å². The molecule has 0 fully saturated rings. The van der Waals surface area contributed by atoms with Crippen molar-refractivity contribution < 1.29 is 24.4 Å². The van der Waals surface area contributed by atoms with Crippen molar-refractivity contribution in [2.75, 3.05) is 6.61 Å². The van der Waals surface area contributed by atoms with Gasteiger partial charge in [0, 0.05) is 12.1 Å². The monoisotopic (exact) mass is 268 g/mol. The van der Waals surface area contributed by atoms with Gasteiger partial charge in [0.15, 0.2) is 0 Å². The molecule has 0 radical (unpaired) electrons. The molecule has 0 aliphatic heterocycles. The van der Waals surface area contributed by atoms with E-state index in [0.29, 0.717) is 0 Å². The van der Waals surface area contributed by atoms with E-state index < -0.39 is 34.0 Å². The van der Waals surface area contributed by atoms with Crippen LogP contribution in [0.15, 0.2) is 18.2 Å². The second kappa shape index (κ2) is 5.80. The van der Waals surface area contributed by atoms with Gasteiger partial charge in [-0.1, -0.05) is 6.92 Å². The maximum Gasteiger partial charge on any atom is 0.342 e. The van der Waals surface area contributed by atoms with E-state index in [1.807, 2.05) is 0 Å². The van der Waals surface area contributed by atoms with Crippen molar-refractivity contribution in [1.82, 2.24) is 0 Å². The Morgan fingerprint density at radius 2 is 2.16 bits per heavy atom. The summed E-state index contributed by atoms with van der Waals surface area (Å²) in [4.78, 5) is 31.5. The van der Waals surface area contributed by atoms with Gasteiger partial charge in [-0.05, 0) is 6.07 Å². The third-order valence-corrected chi connectivity index (χ3v) is 2.38. The summed E-state index contributed by atoms with van der Waals surface area (Å²) in [7, 11) is 0. The van der Waals surface area contributed by atoms with Crippen molar-refractivity contribution >= 4 is 17.6 Å². The Hall–Kier alpha value is -2.64. The van der Waals surface area contributed by atoms with Gasteiger partial charge in [0.2, 0.25) is 5.91 Å². The largest absolute Gasteiger partial charge is 0.493 e. The highest BCUT2D eigenvalue weighted by Gasteiger charge is 2.20. The van der Waals surface area contributed by atoms with Crippen LogP contribution in [0, 0.1) is 16.0 Å². The van der Waals surface area contributed by atoms with Gasteiger partial charge in [0.05, 0.1) is 17.4 Å². The maximum atomic E-state index is 10.9. The number of nitrogens with two attached hydrogens (primary N) is 1. The number of aromatic carboxylic acids is 1. The van der Waals surface area contributed by atoms with E-state index in [-0.39, 0.29) is 12.4 Å². The Bertz CT molecular complexity index is 528. The van der Waals surface area contributed by atoms with Gasteiger partial charge >= 0.3 is 5.97 Å². The molecular formula is C11H12N2O6. The molecule has 1 rings (SSSR count). The fraction of sp³-hybridized carbons (Fsp3) is 0.273. The van der Waals surface area contributed by atoms with Crippen molar-refractivity contribution in [3.63, 3.8) is 0 Å². The first-order chi connectivity index (χ1) is 8.82. The first-order valence-electron chi connectivity index (χ1n) is 5.26. The molecule has 1 aromatic rings. The molecule has 1 atom stereocenters. The number of nitrogens with zero attached hydrogens (tertiary/aromatic N) is 1. The second-order valence-electron chi connectivity index (χ2n) is 3.86. The van der Waals surface area contributed by atoms with Crippen molar-refractivity contribution in [2.24, 2.45) is 11.7 Å². The summed E-state index contributed by atoms with van der Waals surface area (Å²) >= 11 is 0. The summed E-state index contributed by atoms with van der Waals surface area (Å²) in [6, 6.07) is 3.33. The lowest BCUT2D eigenvalue weighted by molar-refractivity contribution is -0.385. The molecule has 19 heavy (non-hydrogen) atoms. The molecule has 0 aliphatic rings. The molecule has 3 N–H and O–H groups in total. The normalized spacial score (nSPS) is 11.6. The number of nitro benzene ring substituents is 1. The first kappa shape index (κ1) is 14.4. The molecule has 0 saturated heterocycles. The van der Waals surface area contributed by atoms with E-state index in [2.05, 4.69) is 0 Å². The quantitative estimate of drug-likeness (QED) is 0.578. The second-order valence-corrected chi connectivity index (χ2v) is 3.86. The van der Waals surface area contributed by atoms with E-state index in [4.69, 9.17) is 15.6 Å². The summed E-state index contributed by atoms with van der Waals surface area (Å²) < 4.78 is 5.17. The number of amides is 1. The van der Waals surface area contributed by atoms with Gasteiger partial charge in [0.1, 0.15) is 11.3 Å². The number of rotatable bonds is 6. The standard InChI is InChI=1S/C11H12N2O6/c1-6(10(12)14)5-19-7-2-3-9(13(17)18)8(4-7)11(15)16/h2-4,6H,5H2,1H3,(H2,12,14)(H,15,16). The third-order valence-electron chi connectivity index (χ3n) is 2.38. The predicted octanol–water partition coefficient (Wildman–Crippen LogP) is 0.793. The van der Waals surface area contributed by atoms with E-state index in [1.165, 1.54) is 6.07 Å². The fourth-order valence-electron chi connectivity index (χ4n) is 1.24. The Kier molecular flexibility index (Phi) is 4.41. The summed E-state index contributed by atoms with van der Waals surface area (Å²) in [5.74, 6) is -2.42. The van der Waals surface area contributed by atoms with E-state index in [0.717, 1.165) is 12.1 Å². The SMILES string of the molecule is CC(COc1ccc([N+](=O)[O-])c(C(=O)O)c1)C(N)=O. The van der Waals surface area contributed by atoms with Crippen LogP contribution in [-0.4, -0.2) is 28.5 Å². The Morgan fingerprint density at radius 1 is 1.53 bits per heavy atom. The van der Waals surface area contributed by atoms with Gasteiger partial charge in [-0.25, -0.2) is 4.79 Å². The Labute approximate surface area is 107 Å². The fourth-order valence-corrected chi connectivity index (χ4v) is 1.24. The van der Waals surface area contributed by atoms with Gasteiger partial charge < -0.3 is 15.6 Å². The minimum absolute atomic E-state index is 0.0355. The summed E-state index contributed by atoms with van der Waals surface area (Å²) in [5.41, 5.74) is 4.04. The van der Waals surface area contributed by atoms with Crippen LogP contribution in [0.25, 0.3) is 0 Å². The Morgan fingerprint density at radius 3 is 2.63 bits per heavy atom. The lowest BCUT2D eigenvalue weighted by Crippen LogP contribution is -2.25. The van der Waals surface area contributed by atoms with Crippen LogP contribution in [-0.2, 0) is 4.79 Å². The average molecular weight is 268 g/mol. The van der Waals surface area contributed by atoms with E-state index in [1.54, 1.807) is 6.92 Å². The first-order valence-corrected chi connectivity index (χ1v) is 5.26. The minimum atomic E-state index is -1.43. The van der Waals surface area contributed by atoms with Gasteiger partial charge in [-0.15, -0.1) is 0 Å². The molecule has 0 saturated carbocycles. The number of nitro groups is 1. The Balaban J connectivity index is 2.93. The van der Waals surface area contributed by atoms with Gasteiger partial charge in [-0.3, -0.25) is 14.9 Å². The number of benzene rings is 1. The molecule has 102 valence electrons. The number of primary amides is 1. The van der Waals surface area contributed by atoms with Crippen molar-refractivity contribution in [1.29, 1.82) is 0 Å². The highest BCUT2D eigenvalue weighted by atomic mass is 16.6. The molecule has 1 amide bonds. The zero-order chi connectivity index (χ0) is 14.6. The summed E-state index contributed by atoms with van der Waals surface area (Å²) in [5, 5.41) is 19.5. The van der Waals surface area contributed by atoms with Crippen LogP contribution in [0.5, 0.6) is 5.75 Å². The predicted molar refractivity (Wildman–Crippen MR) is 63.9 cm³/mol. The van der Waals surface area contributed by atoms with Crippen LogP contribution < -0.4 is 10.5 Å². The summed E-state index contributed by atoms with van der Waals surface area (Å²) in [6.45, 7) is 1.51. The highest BCUT2D eigenvalue weighted by molar-refractivity contribution is 5.92. The maximum absolute atomic E-state index is 10.9. The highest BCUT2D eigenvalue weighted by Crippen LogP contribution is 2.24. The lowest BCUT2D eigenvalue weighted by Gasteiger charge is -2.10. The summed E-state index contributed by atoms with van der Waals surface area (Å²) in [6.07, 6.45) is 0. The van der Waals surface area contributed by atoms with E-state index >= 15 is 0 Å². The molecule has 8 nitrogen and oxygen atoms in total. The smallest absolute Gasteiger partial charge is 0.342 e. The van der Waals surface area contributed by atoms with Crippen molar-refractivity contribution in [3.8, 4) is 5.75 Å². The van der Waals surface area contributed by atoms with Crippen LogP contribution >= 0.6 is 0 Å². The molecule has 0 heterocycles. The third kappa shape index (κ3) is 3.66. The number of hydrogen-bond acceptors (Lipinski definition) is 5. The molecular weight excluding hydrogens is 256 g/mol. The molecule has 0 spiro atoms. The van der Waals surface area contributed by atoms with Crippen LogP contribution in [0.4, 0.5) is 5.69 Å². The molecule has 1 unspecified atom stereocenters. The van der Waals surface area contributed by atoms with Gasteiger partial charge in [0.25, 0.3) is 5.69 Å². The molecule has 0 bridgehead atoms. The van der Waals surface area contributed by atoms with Gasteiger partial charge in [-0.2, -0.15) is 0 Å². The number of carboxylic acids is 1. The number of carboxylic acid groups (broad SMARTS) is 1. The van der Waals surface area contributed by atoms with Crippen LogP contribution in [0.2, 0.25) is 0 Å². The zero-order valence-corrected chi connectivity index (χ0v) is 10.0. The number of carbonyl (C=O) groups is 2. The number of ether oxygens (including phenoxy) is 1. The van der Waals surface area contributed by atoms with E-state index in [9.17, 15) is 19.7 Å². The van der Waals surface area contributed by atoms with Crippen LogP contribution in [0.3, 0.4) is 0 Å². The average Bonchev–Trinajstić information content (AvgIpc) is 2.35. The minimum Gasteiger partial charge on any atom is -0.493 e. The van der Waals surface area contributed by atoms with Crippen LogP contribution in [0.1, 0.15) is 17.3 Å². The number of carbonyl (C=O) groups excluding carboxylic acids is 1. The topological polar surface area (TPSA) is 133 Å².